The highest BCUT2D eigenvalue weighted by molar-refractivity contribution is 6.04. The summed E-state index contributed by atoms with van der Waals surface area (Å²) in [4.78, 5) is 28.7. The zero-order valence-corrected chi connectivity index (χ0v) is 16.9. The Morgan fingerprint density at radius 1 is 1.03 bits per heavy atom. The molecule has 3 aromatic rings. The third-order valence-corrected chi connectivity index (χ3v) is 5.07. The zero-order chi connectivity index (χ0) is 22.7. The number of nitrogens with zero attached hydrogens (tertiary/aromatic N) is 3. The average Bonchev–Trinajstić information content (AvgIpc) is 3.18. The third-order valence-electron chi connectivity index (χ3n) is 5.07. The van der Waals surface area contributed by atoms with Crippen molar-refractivity contribution in [2.45, 2.75) is 6.36 Å². The Hall–Kier alpha value is -3.60. The number of fused-ring (bicyclic) bond motifs is 1. The van der Waals surface area contributed by atoms with Crippen molar-refractivity contribution in [1.29, 1.82) is 0 Å². The zero-order valence-electron chi connectivity index (χ0n) is 16.9. The summed E-state index contributed by atoms with van der Waals surface area (Å²) < 4.78 is 40.4. The molecule has 32 heavy (non-hydrogen) atoms. The summed E-state index contributed by atoms with van der Waals surface area (Å²) in [7, 11) is 0. The summed E-state index contributed by atoms with van der Waals surface area (Å²) in [6.45, 7) is 2.04. The summed E-state index contributed by atoms with van der Waals surface area (Å²) in [5.41, 5.74) is 1.54. The minimum Gasteiger partial charge on any atom is -0.406 e. The Kier molecular flexibility index (Phi) is 5.99. The van der Waals surface area contributed by atoms with Gasteiger partial charge in [-0.2, -0.15) is 5.10 Å². The van der Waals surface area contributed by atoms with E-state index in [1.54, 1.807) is 4.90 Å². The minimum absolute atomic E-state index is 0.105. The van der Waals surface area contributed by atoms with Crippen molar-refractivity contribution in [2.24, 2.45) is 0 Å². The Balaban J connectivity index is 1.26. The van der Waals surface area contributed by atoms with Crippen molar-refractivity contribution in [3.8, 4) is 5.75 Å². The van der Waals surface area contributed by atoms with Crippen molar-refractivity contribution in [3.63, 3.8) is 0 Å². The number of ether oxygens (including phenoxy) is 1. The number of alkyl halides is 3. The van der Waals surface area contributed by atoms with E-state index in [-0.39, 0.29) is 24.1 Å². The highest BCUT2D eigenvalue weighted by Gasteiger charge is 2.31. The van der Waals surface area contributed by atoms with E-state index in [1.807, 2.05) is 29.2 Å². The molecule has 1 fully saturated rings. The van der Waals surface area contributed by atoms with Gasteiger partial charge < -0.3 is 15.0 Å². The number of hydrogen-bond acceptors (Lipinski definition) is 5. The molecule has 0 spiro atoms. The van der Waals surface area contributed by atoms with E-state index in [2.05, 4.69) is 20.3 Å². The fourth-order valence-corrected chi connectivity index (χ4v) is 3.53. The summed E-state index contributed by atoms with van der Waals surface area (Å²) in [5.74, 6) is -0.818. The first kappa shape index (κ1) is 21.6. The molecule has 0 bridgehead atoms. The van der Waals surface area contributed by atoms with Crippen molar-refractivity contribution < 1.29 is 27.5 Å². The molecule has 168 valence electrons. The Morgan fingerprint density at radius 2 is 1.72 bits per heavy atom. The molecular formula is C21H20F3N5O3. The molecule has 0 saturated carbocycles. The van der Waals surface area contributed by atoms with Crippen molar-refractivity contribution in [2.75, 3.05) is 38.0 Å². The second kappa shape index (κ2) is 8.87. The fraction of sp³-hybridized carbons (Fsp3) is 0.286. The van der Waals surface area contributed by atoms with E-state index >= 15 is 0 Å². The van der Waals surface area contributed by atoms with Crippen LogP contribution in [0, 0.1) is 0 Å². The van der Waals surface area contributed by atoms with Gasteiger partial charge in [0.05, 0.1) is 12.1 Å². The van der Waals surface area contributed by atoms with Gasteiger partial charge in [-0.3, -0.25) is 19.6 Å². The number of aromatic nitrogens is 2. The summed E-state index contributed by atoms with van der Waals surface area (Å²) >= 11 is 0. The lowest BCUT2D eigenvalue weighted by Gasteiger charge is -2.34. The number of para-hydroxylation sites is 1. The lowest BCUT2D eigenvalue weighted by molar-refractivity contribution is -0.274. The number of amides is 2. The summed E-state index contributed by atoms with van der Waals surface area (Å²) in [6.07, 6.45) is -4.77. The van der Waals surface area contributed by atoms with Crippen LogP contribution in [0.5, 0.6) is 5.75 Å². The van der Waals surface area contributed by atoms with E-state index in [9.17, 15) is 22.8 Å². The van der Waals surface area contributed by atoms with Crippen LogP contribution < -0.4 is 10.1 Å². The van der Waals surface area contributed by atoms with Crippen molar-refractivity contribution in [3.05, 3.63) is 54.2 Å². The first-order valence-corrected chi connectivity index (χ1v) is 9.89. The van der Waals surface area contributed by atoms with Crippen LogP contribution in [0.25, 0.3) is 10.9 Å². The van der Waals surface area contributed by atoms with Gasteiger partial charge in [-0.05, 0) is 30.3 Å². The normalized spacial score (nSPS) is 15.0. The summed E-state index contributed by atoms with van der Waals surface area (Å²) in [5, 5.41) is 10.4. The third kappa shape index (κ3) is 5.17. The number of anilines is 1. The van der Waals surface area contributed by atoms with E-state index in [1.165, 1.54) is 12.1 Å². The van der Waals surface area contributed by atoms with Gasteiger partial charge in [-0.15, -0.1) is 13.2 Å². The van der Waals surface area contributed by atoms with Gasteiger partial charge in [0.2, 0.25) is 5.91 Å². The van der Waals surface area contributed by atoms with Crippen LogP contribution in [0.2, 0.25) is 0 Å². The van der Waals surface area contributed by atoms with Crippen molar-refractivity contribution in [1.82, 2.24) is 20.0 Å². The number of carbonyl (C=O) groups is 2. The lowest BCUT2D eigenvalue weighted by Crippen LogP contribution is -2.50. The molecule has 4 rings (SSSR count). The molecule has 8 nitrogen and oxygen atoms in total. The maximum atomic E-state index is 12.8. The average molecular weight is 447 g/mol. The van der Waals surface area contributed by atoms with Gasteiger partial charge >= 0.3 is 6.36 Å². The maximum absolute atomic E-state index is 12.8. The highest BCUT2D eigenvalue weighted by Crippen LogP contribution is 2.24. The maximum Gasteiger partial charge on any atom is 0.573 e. The molecule has 2 aromatic carbocycles. The van der Waals surface area contributed by atoms with Gasteiger partial charge in [-0.1, -0.05) is 18.2 Å². The Morgan fingerprint density at radius 3 is 2.41 bits per heavy atom. The lowest BCUT2D eigenvalue weighted by atomic mass is 10.2. The largest absolute Gasteiger partial charge is 0.573 e. The molecule has 2 amide bonds. The first-order chi connectivity index (χ1) is 15.3. The second-order valence-electron chi connectivity index (χ2n) is 7.31. The topological polar surface area (TPSA) is 90.6 Å². The van der Waals surface area contributed by atoms with Crippen LogP contribution in [0.3, 0.4) is 0 Å². The van der Waals surface area contributed by atoms with Gasteiger partial charge in [-0.25, -0.2) is 0 Å². The molecule has 1 aliphatic rings. The van der Waals surface area contributed by atoms with Crippen molar-refractivity contribution >= 4 is 28.4 Å². The number of nitrogens with one attached hydrogen (secondary N) is 2. The van der Waals surface area contributed by atoms with E-state index in [0.717, 1.165) is 23.0 Å². The molecule has 0 unspecified atom stereocenters. The molecule has 11 heteroatoms. The quantitative estimate of drug-likeness (QED) is 0.628. The van der Waals surface area contributed by atoms with Crippen LogP contribution in [-0.4, -0.2) is 70.9 Å². The van der Waals surface area contributed by atoms with E-state index in [0.29, 0.717) is 37.6 Å². The van der Waals surface area contributed by atoms with Crippen LogP contribution in [0.1, 0.15) is 10.5 Å². The number of piperazine rings is 1. The Bertz CT molecular complexity index is 1110. The predicted molar refractivity (Wildman–Crippen MR) is 110 cm³/mol. The van der Waals surface area contributed by atoms with Gasteiger partial charge in [0.1, 0.15) is 5.75 Å². The number of halogens is 3. The molecule has 0 atom stereocenters. The van der Waals surface area contributed by atoms with Gasteiger partial charge in [0.25, 0.3) is 5.91 Å². The SMILES string of the molecule is O=C(CN1CCN(C(=O)c2n[nH]c3ccccc23)CC1)Nc1ccc(OC(F)(F)F)cc1. The monoisotopic (exact) mass is 447 g/mol. The minimum atomic E-state index is -4.77. The number of carbonyl (C=O) groups excluding carboxylic acids is 2. The van der Waals surface area contributed by atoms with Gasteiger partial charge in [0, 0.05) is 37.3 Å². The second-order valence-corrected chi connectivity index (χ2v) is 7.31. The van der Waals surface area contributed by atoms with Crippen LogP contribution in [0.4, 0.5) is 18.9 Å². The number of rotatable bonds is 5. The molecule has 0 aliphatic carbocycles. The molecule has 1 aliphatic heterocycles. The number of aromatic amines is 1. The highest BCUT2D eigenvalue weighted by atomic mass is 19.4. The van der Waals surface area contributed by atoms with Crippen LogP contribution in [-0.2, 0) is 4.79 Å². The standard InChI is InChI=1S/C21H20F3N5O3/c22-21(23,24)32-15-7-5-14(6-8-15)25-18(30)13-28-9-11-29(12-10-28)20(31)19-16-3-1-2-4-17(16)26-27-19/h1-8H,9-13H2,(H,25,30)(H,26,27). The first-order valence-electron chi connectivity index (χ1n) is 9.89. The van der Waals surface area contributed by atoms with Crippen LogP contribution >= 0.6 is 0 Å². The number of benzene rings is 2. The molecule has 2 heterocycles. The molecule has 2 N–H and O–H groups in total. The molecular weight excluding hydrogens is 427 g/mol. The fourth-order valence-electron chi connectivity index (χ4n) is 3.53. The van der Waals surface area contributed by atoms with Crippen LogP contribution in [0.15, 0.2) is 48.5 Å². The van der Waals surface area contributed by atoms with E-state index in [4.69, 9.17) is 0 Å². The smallest absolute Gasteiger partial charge is 0.406 e. The number of hydrogen-bond donors (Lipinski definition) is 2. The number of H-pyrrole nitrogens is 1. The Labute approximate surface area is 180 Å². The summed E-state index contributed by atoms with van der Waals surface area (Å²) in [6, 6.07) is 12.3. The molecule has 1 saturated heterocycles. The van der Waals surface area contributed by atoms with Gasteiger partial charge in [0.15, 0.2) is 5.69 Å². The molecule has 0 radical (unpaired) electrons. The molecule has 1 aromatic heterocycles. The van der Waals surface area contributed by atoms with E-state index < -0.39 is 6.36 Å². The predicted octanol–water partition coefficient (Wildman–Crippen LogP) is 2.86.